The summed E-state index contributed by atoms with van der Waals surface area (Å²) in [7, 11) is 0. The summed E-state index contributed by atoms with van der Waals surface area (Å²) in [5.74, 6) is -1.50. The Labute approximate surface area is 325 Å². The van der Waals surface area contributed by atoms with Gasteiger partial charge in [-0.05, 0) is 74.5 Å². The number of nitrogens with one attached hydrogen (secondary N) is 1. The van der Waals surface area contributed by atoms with E-state index in [1.165, 1.54) is 41.2 Å². The van der Waals surface area contributed by atoms with Crippen molar-refractivity contribution in [2.24, 2.45) is 0 Å². The molecule has 0 aromatic heterocycles. The third-order valence-corrected chi connectivity index (χ3v) is 11.6. The van der Waals surface area contributed by atoms with E-state index in [-0.39, 0.29) is 24.5 Å². The quantitative estimate of drug-likeness (QED) is 0.221. The SMILES string of the molecule is C[C@H](NC(=O)C(CC(=O)N1CCC(N2CCCCC2)CC1)N1C(=O)C(N2C(=O)OC[C@@H]2c2ccccc2)C1C=Cc1ccccc1)c1cccc(C(F)(F)F)c1. The van der Waals surface area contributed by atoms with Gasteiger partial charge in [-0.1, -0.05) is 91.4 Å². The lowest BCUT2D eigenvalue weighted by Gasteiger charge is -2.52. The molecule has 3 aromatic carbocycles. The van der Waals surface area contributed by atoms with Crippen molar-refractivity contribution in [1.29, 1.82) is 0 Å². The second-order valence-electron chi connectivity index (χ2n) is 15.1. The van der Waals surface area contributed by atoms with Crippen molar-refractivity contribution < 1.29 is 37.1 Å². The standard InChI is InChI=1S/C43H48F3N5O5/c1-29(32-16-11-17-33(26-32)43(44,45)46)47-40(53)36(27-38(52)49-24-20-34(21-25-49)48-22-9-4-10-23-48)50-35(19-18-30-12-5-2-6-13-30)39(41(50)54)51-37(28-56-42(51)55)31-14-7-3-8-15-31/h2-3,5-8,11-19,26,29,34-37,39H,4,9-10,20-25,27-28H2,1H3,(H,47,53)/t29-,35?,36?,37+,39?/m0/s1. The molecule has 56 heavy (non-hydrogen) atoms. The van der Waals surface area contributed by atoms with Crippen LogP contribution in [-0.4, -0.2) is 100 Å². The highest BCUT2D eigenvalue weighted by molar-refractivity contribution is 5.99. The van der Waals surface area contributed by atoms with E-state index < -0.39 is 59.9 Å². The second kappa shape index (κ2) is 16.9. The van der Waals surface area contributed by atoms with Crippen LogP contribution in [0.15, 0.2) is 91.0 Å². The van der Waals surface area contributed by atoms with Crippen LogP contribution in [0.1, 0.15) is 79.8 Å². The fourth-order valence-electron chi connectivity index (χ4n) is 8.56. The number of halogens is 3. The number of cyclic esters (lactones) is 1. The number of amides is 4. The Morgan fingerprint density at radius 1 is 0.893 bits per heavy atom. The summed E-state index contributed by atoms with van der Waals surface area (Å²) in [4.78, 5) is 63.5. The van der Waals surface area contributed by atoms with Crippen LogP contribution in [-0.2, 0) is 25.3 Å². The van der Waals surface area contributed by atoms with Crippen molar-refractivity contribution >= 4 is 29.9 Å². The molecule has 0 aliphatic carbocycles. The number of carbonyl (C=O) groups excluding carboxylic acids is 4. The number of hydrogen-bond acceptors (Lipinski definition) is 6. The van der Waals surface area contributed by atoms with Crippen LogP contribution in [0.25, 0.3) is 6.08 Å². The van der Waals surface area contributed by atoms with Gasteiger partial charge in [0.2, 0.25) is 17.7 Å². The first kappa shape index (κ1) is 39.1. The normalized spacial score (nSPS) is 23.5. The fourth-order valence-corrected chi connectivity index (χ4v) is 8.56. The Hall–Kier alpha value is -5.17. The lowest BCUT2D eigenvalue weighted by atomic mass is 9.87. The van der Waals surface area contributed by atoms with Gasteiger partial charge in [-0.2, -0.15) is 13.2 Å². The lowest BCUT2D eigenvalue weighted by Crippen LogP contribution is -2.74. The van der Waals surface area contributed by atoms with E-state index in [0.29, 0.717) is 19.1 Å². The molecule has 3 unspecified atom stereocenters. The molecule has 10 nitrogen and oxygen atoms in total. The van der Waals surface area contributed by atoms with Crippen molar-refractivity contribution in [3.63, 3.8) is 0 Å². The van der Waals surface area contributed by atoms with Gasteiger partial charge in [0, 0.05) is 19.1 Å². The minimum absolute atomic E-state index is 0.0338. The van der Waals surface area contributed by atoms with Gasteiger partial charge in [-0.15, -0.1) is 0 Å². The number of alkyl halides is 3. The summed E-state index contributed by atoms with van der Waals surface area (Å²) in [6, 6.07) is 19.0. The Bertz CT molecular complexity index is 1900. The van der Waals surface area contributed by atoms with Crippen LogP contribution in [0.2, 0.25) is 0 Å². The van der Waals surface area contributed by atoms with Crippen molar-refractivity contribution in [2.45, 2.75) is 87.9 Å². The van der Waals surface area contributed by atoms with Crippen LogP contribution < -0.4 is 5.32 Å². The van der Waals surface area contributed by atoms with Crippen molar-refractivity contribution in [3.8, 4) is 0 Å². The molecule has 4 saturated heterocycles. The first-order valence-corrected chi connectivity index (χ1v) is 19.5. The number of hydrogen-bond donors (Lipinski definition) is 1. The highest BCUT2D eigenvalue weighted by Gasteiger charge is 2.58. The summed E-state index contributed by atoms with van der Waals surface area (Å²) in [6.07, 6.45) is 3.17. The summed E-state index contributed by atoms with van der Waals surface area (Å²) < 4.78 is 46.4. The molecule has 13 heteroatoms. The van der Waals surface area contributed by atoms with E-state index in [4.69, 9.17) is 4.74 Å². The van der Waals surface area contributed by atoms with Crippen molar-refractivity contribution in [3.05, 3.63) is 113 Å². The third-order valence-electron chi connectivity index (χ3n) is 11.6. The smallest absolute Gasteiger partial charge is 0.416 e. The Morgan fingerprint density at radius 2 is 1.57 bits per heavy atom. The molecule has 0 spiro atoms. The molecule has 0 bridgehead atoms. The predicted octanol–water partition coefficient (Wildman–Crippen LogP) is 6.60. The first-order valence-electron chi connectivity index (χ1n) is 19.5. The van der Waals surface area contributed by atoms with E-state index in [1.54, 1.807) is 17.9 Å². The van der Waals surface area contributed by atoms with E-state index in [2.05, 4.69) is 10.2 Å². The Morgan fingerprint density at radius 3 is 2.25 bits per heavy atom. The average Bonchev–Trinajstić information content (AvgIpc) is 3.59. The number of carbonyl (C=O) groups is 4. The van der Waals surface area contributed by atoms with Crippen LogP contribution in [0.4, 0.5) is 18.0 Å². The molecule has 4 heterocycles. The van der Waals surface area contributed by atoms with Gasteiger partial charge in [0.25, 0.3) is 0 Å². The molecule has 4 aliphatic heterocycles. The van der Waals surface area contributed by atoms with Gasteiger partial charge in [0.05, 0.1) is 30.1 Å². The number of likely N-dealkylation sites (tertiary alicyclic amines) is 3. The maximum absolute atomic E-state index is 14.5. The fraction of sp³-hybridized carbons (Fsp3) is 0.442. The van der Waals surface area contributed by atoms with Crippen molar-refractivity contribution in [1.82, 2.24) is 24.9 Å². The average molecular weight is 772 g/mol. The van der Waals surface area contributed by atoms with Crippen LogP contribution in [0, 0.1) is 0 Å². The zero-order valence-electron chi connectivity index (χ0n) is 31.4. The Balaban J connectivity index is 1.18. The van der Waals surface area contributed by atoms with E-state index in [1.807, 2.05) is 66.7 Å². The Kier molecular flexibility index (Phi) is 11.8. The molecular formula is C43H48F3N5O5. The number of rotatable bonds is 11. The molecule has 0 saturated carbocycles. The predicted molar refractivity (Wildman–Crippen MR) is 204 cm³/mol. The molecule has 0 radical (unpaired) electrons. The maximum Gasteiger partial charge on any atom is 0.416 e. The van der Waals surface area contributed by atoms with E-state index in [9.17, 15) is 32.3 Å². The largest absolute Gasteiger partial charge is 0.447 e. The number of nitrogens with zero attached hydrogens (tertiary/aromatic N) is 4. The molecule has 4 fully saturated rings. The minimum Gasteiger partial charge on any atom is -0.447 e. The van der Waals surface area contributed by atoms with Gasteiger partial charge >= 0.3 is 12.3 Å². The van der Waals surface area contributed by atoms with Crippen LogP contribution in [0.5, 0.6) is 0 Å². The van der Waals surface area contributed by atoms with Crippen LogP contribution in [0.3, 0.4) is 0 Å². The third kappa shape index (κ3) is 8.47. The first-order chi connectivity index (χ1) is 27.0. The van der Waals surface area contributed by atoms with E-state index in [0.717, 1.165) is 49.2 Å². The molecule has 296 valence electrons. The number of piperidine rings is 2. The molecule has 1 N–H and O–H groups in total. The molecule has 5 atom stereocenters. The zero-order chi connectivity index (χ0) is 39.4. The summed E-state index contributed by atoms with van der Waals surface area (Å²) in [5, 5.41) is 2.82. The minimum atomic E-state index is -4.58. The van der Waals surface area contributed by atoms with Gasteiger partial charge in [0.15, 0.2) is 0 Å². The van der Waals surface area contributed by atoms with Gasteiger partial charge in [-0.25, -0.2) is 4.79 Å². The molecule has 4 amide bonds. The monoisotopic (exact) mass is 771 g/mol. The highest BCUT2D eigenvalue weighted by Crippen LogP contribution is 2.39. The van der Waals surface area contributed by atoms with Crippen LogP contribution >= 0.6 is 0 Å². The van der Waals surface area contributed by atoms with Crippen molar-refractivity contribution in [2.75, 3.05) is 32.8 Å². The lowest BCUT2D eigenvalue weighted by molar-refractivity contribution is -0.164. The van der Waals surface area contributed by atoms with Gasteiger partial charge < -0.3 is 24.8 Å². The van der Waals surface area contributed by atoms with Gasteiger partial charge in [-0.3, -0.25) is 19.3 Å². The molecule has 4 aliphatic rings. The number of benzene rings is 3. The molecular weight excluding hydrogens is 723 g/mol. The van der Waals surface area contributed by atoms with Gasteiger partial charge in [0.1, 0.15) is 18.7 Å². The maximum atomic E-state index is 14.5. The second-order valence-corrected chi connectivity index (χ2v) is 15.1. The summed E-state index contributed by atoms with van der Waals surface area (Å²) in [6.45, 7) is 4.73. The number of ether oxygens (including phenoxy) is 1. The summed E-state index contributed by atoms with van der Waals surface area (Å²) >= 11 is 0. The topological polar surface area (TPSA) is 103 Å². The van der Waals surface area contributed by atoms with E-state index >= 15 is 0 Å². The highest BCUT2D eigenvalue weighted by atomic mass is 19.4. The molecule has 3 aromatic rings. The summed E-state index contributed by atoms with van der Waals surface area (Å²) in [5.41, 5.74) is 0.966. The number of β-lactam (4-membered cyclic amide) rings is 1. The molecule has 7 rings (SSSR count). The zero-order valence-corrected chi connectivity index (χ0v) is 31.4.